The first kappa shape index (κ1) is 11.2. The SMILES string of the molecule is C\C=C/C=C(\C=C/C)c1csc(Cl)n1. The van der Waals surface area contributed by atoms with Gasteiger partial charge in [-0.3, -0.25) is 0 Å². The minimum absolute atomic E-state index is 0.580. The minimum Gasteiger partial charge on any atom is -0.225 e. The van der Waals surface area contributed by atoms with E-state index >= 15 is 0 Å². The summed E-state index contributed by atoms with van der Waals surface area (Å²) < 4.78 is 0.580. The van der Waals surface area contributed by atoms with Gasteiger partial charge in [-0.25, -0.2) is 4.98 Å². The summed E-state index contributed by atoms with van der Waals surface area (Å²) in [6.07, 6.45) is 10.00. The van der Waals surface area contributed by atoms with E-state index in [1.165, 1.54) is 11.3 Å². The highest BCUT2D eigenvalue weighted by molar-refractivity contribution is 7.14. The topological polar surface area (TPSA) is 12.9 Å². The van der Waals surface area contributed by atoms with Crippen LogP contribution in [0.1, 0.15) is 19.5 Å². The smallest absolute Gasteiger partial charge is 0.184 e. The molecular formula is C11H12ClNS. The Morgan fingerprint density at radius 2 is 2.21 bits per heavy atom. The molecule has 14 heavy (non-hydrogen) atoms. The fourth-order valence-electron chi connectivity index (χ4n) is 0.990. The van der Waals surface area contributed by atoms with Gasteiger partial charge in [0.25, 0.3) is 0 Å². The molecule has 0 fully saturated rings. The average Bonchev–Trinajstić information content (AvgIpc) is 2.59. The largest absolute Gasteiger partial charge is 0.225 e. The summed E-state index contributed by atoms with van der Waals surface area (Å²) in [4.78, 5) is 4.21. The molecule has 0 aromatic carbocycles. The molecule has 0 saturated heterocycles. The fraction of sp³-hybridized carbons (Fsp3) is 0.182. The summed E-state index contributed by atoms with van der Waals surface area (Å²) in [5, 5.41) is 1.96. The van der Waals surface area contributed by atoms with Crippen LogP contribution >= 0.6 is 22.9 Å². The lowest BCUT2D eigenvalue weighted by atomic mass is 10.2. The van der Waals surface area contributed by atoms with E-state index in [-0.39, 0.29) is 0 Å². The predicted molar refractivity (Wildman–Crippen MR) is 64.7 cm³/mol. The van der Waals surface area contributed by atoms with Crippen LogP contribution in [0.4, 0.5) is 0 Å². The molecule has 1 rings (SSSR count). The van der Waals surface area contributed by atoms with Crippen LogP contribution in [0.25, 0.3) is 5.57 Å². The number of aromatic nitrogens is 1. The zero-order chi connectivity index (χ0) is 10.4. The minimum atomic E-state index is 0.580. The van der Waals surface area contributed by atoms with Crippen molar-refractivity contribution in [2.45, 2.75) is 13.8 Å². The molecule has 0 spiro atoms. The maximum atomic E-state index is 5.78. The van der Waals surface area contributed by atoms with Crippen LogP contribution in [0.5, 0.6) is 0 Å². The number of thiazole rings is 1. The lowest BCUT2D eigenvalue weighted by Gasteiger charge is -1.94. The lowest BCUT2D eigenvalue weighted by molar-refractivity contribution is 1.36. The number of rotatable bonds is 3. The van der Waals surface area contributed by atoms with E-state index in [2.05, 4.69) is 4.98 Å². The number of halogens is 1. The van der Waals surface area contributed by atoms with Crippen molar-refractivity contribution < 1.29 is 0 Å². The van der Waals surface area contributed by atoms with Crippen molar-refractivity contribution in [1.29, 1.82) is 0 Å². The van der Waals surface area contributed by atoms with Crippen LogP contribution in [-0.2, 0) is 0 Å². The fourth-order valence-corrected chi connectivity index (χ4v) is 1.76. The molecule has 0 aliphatic rings. The zero-order valence-electron chi connectivity index (χ0n) is 8.20. The van der Waals surface area contributed by atoms with E-state index in [9.17, 15) is 0 Å². The van der Waals surface area contributed by atoms with E-state index < -0.39 is 0 Å². The number of hydrogen-bond acceptors (Lipinski definition) is 2. The van der Waals surface area contributed by atoms with Gasteiger partial charge in [-0.05, 0) is 13.8 Å². The summed E-state index contributed by atoms with van der Waals surface area (Å²) in [6.45, 7) is 3.97. The molecule has 0 aliphatic heterocycles. The van der Waals surface area contributed by atoms with Gasteiger partial charge < -0.3 is 0 Å². The van der Waals surface area contributed by atoms with Crippen LogP contribution in [0.3, 0.4) is 0 Å². The molecule has 0 amide bonds. The molecule has 3 heteroatoms. The van der Waals surface area contributed by atoms with Crippen LogP contribution in [0.15, 0.2) is 35.8 Å². The lowest BCUT2D eigenvalue weighted by Crippen LogP contribution is -1.79. The van der Waals surface area contributed by atoms with Gasteiger partial charge in [0.05, 0.1) is 5.69 Å². The molecular weight excluding hydrogens is 214 g/mol. The molecule has 74 valence electrons. The monoisotopic (exact) mass is 225 g/mol. The van der Waals surface area contributed by atoms with Gasteiger partial charge >= 0.3 is 0 Å². The Morgan fingerprint density at radius 3 is 2.71 bits per heavy atom. The van der Waals surface area contributed by atoms with Crippen molar-refractivity contribution in [2.24, 2.45) is 0 Å². The Morgan fingerprint density at radius 1 is 1.43 bits per heavy atom. The third kappa shape index (κ3) is 3.13. The van der Waals surface area contributed by atoms with E-state index in [0.717, 1.165) is 11.3 Å². The van der Waals surface area contributed by atoms with Gasteiger partial charge in [0.1, 0.15) is 0 Å². The highest BCUT2D eigenvalue weighted by Gasteiger charge is 2.01. The van der Waals surface area contributed by atoms with E-state index in [1.54, 1.807) is 0 Å². The summed E-state index contributed by atoms with van der Waals surface area (Å²) in [5.41, 5.74) is 2.00. The van der Waals surface area contributed by atoms with E-state index in [0.29, 0.717) is 4.47 Å². The van der Waals surface area contributed by atoms with Crippen molar-refractivity contribution in [3.8, 4) is 0 Å². The first-order valence-electron chi connectivity index (χ1n) is 4.35. The molecule has 0 bridgehead atoms. The van der Waals surface area contributed by atoms with Crippen molar-refractivity contribution >= 4 is 28.5 Å². The molecule has 1 heterocycles. The molecule has 1 nitrogen and oxygen atoms in total. The Balaban J connectivity index is 2.99. The number of hydrogen-bond donors (Lipinski definition) is 0. The molecule has 1 aromatic rings. The van der Waals surface area contributed by atoms with Crippen molar-refractivity contribution in [2.75, 3.05) is 0 Å². The summed E-state index contributed by atoms with van der Waals surface area (Å²) in [7, 11) is 0. The number of nitrogens with zero attached hydrogens (tertiary/aromatic N) is 1. The Hall–Kier alpha value is -0.860. The van der Waals surface area contributed by atoms with Gasteiger partial charge in [0.2, 0.25) is 0 Å². The molecule has 0 saturated carbocycles. The third-order valence-electron chi connectivity index (χ3n) is 1.59. The molecule has 0 unspecified atom stereocenters. The van der Waals surface area contributed by atoms with E-state index in [4.69, 9.17) is 11.6 Å². The maximum absolute atomic E-state index is 5.78. The second-order valence-electron chi connectivity index (χ2n) is 2.63. The Kier molecular flexibility index (Phi) is 4.63. The third-order valence-corrected chi connectivity index (χ3v) is 2.57. The average molecular weight is 226 g/mol. The van der Waals surface area contributed by atoms with E-state index in [1.807, 2.05) is 49.6 Å². The first-order chi connectivity index (χ1) is 6.77. The molecule has 0 aliphatic carbocycles. The summed E-state index contributed by atoms with van der Waals surface area (Å²) >= 11 is 7.22. The van der Waals surface area contributed by atoms with Gasteiger partial charge in [-0.15, -0.1) is 11.3 Å². The van der Waals surface area contributed by atoms with Crippen molar-refractivity contribution in [1.82, 2.24) is 4.98 Å². The second kappa shape index (κ2) is 5.78. The Bertz CT molecular complexity index is 374. The van der Waals surface area contributed by atoms with Crippen molar-refractivity contribution in [3.05, 3.63) is 45.9 Å². The summed E-state index contributed by atoms with van der Waals surface area (Å²) in [6, 6.07) is 0. The zero-order valence-corrected chi connectivity index (χ0v) is 9.77. The van der Waals surface area contributed by atoms with Gasteiger partial charge in [-0.2, -0.15) is 0 Å². The molecule has 0 radical (unpaired) electrons. The van der Waals surface area contributed by atoms with Gasteiger partial charge in [-0.1, -0.05) is 42.0 Å². The molecule has 0 N–H and O–H groups in total. The van der Waals surface area contributed by atoms with Gasteiger partial charge in [0.15, 0.2) is 4.47 Å². The standard InChI is InChI=1S/C11H12ClNS/c1-3-5-7-9(6-4-2)10-8-14-11(12)13-10/h3-8H,1-2H3/b5-3-,6-4-,9-7+. The molecule has 1 aromatic heterocycles. The first-order valence-corrected chi connectivity index (χ1v) is 5.60. The molecule has 0 atom stereocenters. The van der Waals surface area contributed by atoms with Crippen LogP contribution in [0.2, 0.25) is 4.47 Å². The summed E-state index contributed by atoms with van der Waals surface area (Å²) in [5.74, 6) is 0. The van der Waals surface area contributed by atoms with Crippen molar-refractivity contribution in [3.63, 3.8) is 0 Å². The number of allylic oxidation sites excluding steroid dienone is 6. The van der Waals surface area contributed by atoms with Crippen LogP contribution in [-0.4, -0.2) is 4.98 Å². The second-order valence-corrected chi connectivity index (χ2v) is 4.07. The quantitative estimate of drug-likeness (QED) is 0.698. The Labute approximate surface area is 93.4 Å². The van der Waals surface area contributed by atoms with Crippen LogP contribution < -0.4 is 0 Å². The highest BCUT2D eigenvalue weighted by atomic mass is 35.5. The predicted octanol–water partition coefficient (Wildman–Crippen LogP) is 4.33. The highest BCUT2D eigenvalue weighted by Crippen LogP contribution is 2.22. The van der Waals surface area contributed by atoms with Gasteiger partial charge in [0, 0.05) is 11.0 Å². The maximum Gasteiger partial charge on any atom is 0.184 e. The van der Waals surface area contributed by atoms with Crippen LogP contribution in [0, 0.1) is 0 Å². The normalized spacial score (nSPS) is 13.2.